The molecule has 0 aromatic carbocycles. The minimum absolute atomic E-state index is 0.0107. The van der Waals surface area contributed by atoms with Gasteiger partial charge in [0.1, 0.15) is 0 Å². The molecule has 21 heavy (non-hydrogen) atoms. The summed E-state index contributed by atoms with van der Waals surface area (Å²) in [6.45, 7) is 3.01. The zero-order valence-corrected chi connectivity index (χ0v) is 12.7. The number of nitrogens with zero attached hydrogens (tertiary/aromatic N) is 1. The van der Waals surface area contributed by atoms with E-state index in [2.05, 4.69) is 24.2 Å². The standard InChI is InChI=1S/C15H25F3N2O/c1-10-9-11(7-8-20(10)2)14(21)19-13-5-3-12(4-6-13)15(16,17)18/h10-13H,3-9H2,1-2H3,(H,19,21). The van der Waals surface area contributed by atoms with Gasteiger partial charge in [-0.3, -0.25) is 4.79 Å². The fourth-order valence-electron chi connectivity index (χ4n) is 3.41. The predicted molar refractivity (Wildman–Crippen MR) is 74.8 cm³/mol. The zero-order chi connectivity index (χ0) is 15.6. The maximum atomic E-state index is 12.6. The van der Waals surface area contributed by atoms with E-state index in [1.165, 1.54) is 0 Å². The number of halogens is 3. The van der Waals surface area contributed by atoms with Crippen LogP contribution in [0.15, 0.2) is 0 Å². The normalized spacial score (nSPS) is 35.5. The Bertz CT molecular complexity index is 364. The summed E-state index contributed by atoms with van der Waals surface area (Å²) in [5, 5.41) is 2.97. The van der Waals surface area contributed by atoms with Crippen molar-refractivity contribution in [2.75, 3.05) is 13.6 Å². The molecule has 6 heteroatoms. The second-order valence-corrected chi connectivity index (χ2v) is 6.65. The molecule has 0 spiro atoms. The third-order valence-corrected chi connectivity index (χ3v) is 5.12. The molecule has 1 N–H and O–H groups in total. The van der Waals surface area contributed by atoms with E-state index in [0.717, 1.165) is 19.4 Å². The van der Waals surface area contributed by atoms with Gasteiger partial charge < -0.3 is 10.2 Å². The maximum absolute atomic E-state index is 12.6. The van der Waals surface area contributed by atoms with Crippen LogP contribution in [0, 0.1) is 11.8 Å². The number of carbonyl (C=O) groups excluding carboxylic acids is 1. The van der Waals surface area contributed by atoms with Crippen LogP contribution in [-0.2, 0) is 4.79 Å². The Morgan fingerprint density at radius 3 is 2.29 bits per heavy atom. The van der Waals surface area contributed by atoms with E-state index in [0.29, 0.717) is 18.9 Å². The lowest BCUT2D eigenvalue weighted by Crippen LogP contribution is -2.47. The first-order valence-electron chi connectivity index (χ1n) is 7.84. The fraction of sp³-hybridized carbons (Fsp3) is 0.933. The molecule has 1 saturated heterocycles. The summed E-state index contributed by atoms with van der Waals surface area (Å²) in [7, 11) is 2.05. The quantitative estimate of drug-likeness (QED) is 0.851. The lowest BCUT2D eigenvalue weighted by molar-refractivity contribution is -0.182. The van der Waals surface area contributed by atoms with Gasteiger partial charge in [0.15, 0.2) is 0 Å². The van der Waals surface area contributed by atoms with Gasteiger partial charge in [0, 0.05) is 18.0 Å². The molecule has 122 valence electrons. The van der Waals surface area contributed by atoms with Crippen LogP contribution >= 0.6 is 0 Å². The number of carbonyl (C=O) groups is 1. The average molecular weight is 306 g/mol. The summed E-state index contributed by atoms with van der Waals surface area (Å²) >= 11 is 0. The lowest BCUT2D eigenvalue weighted by atomic mass is 9.85. The van der Waals surface area contributed by atoms with E-state index in [1.807, 2.05) is 0 Å². The van der Waals surface area contributed by atoms with Crippen molar-refractivity contribution in [2.24, 2.45) is 11.8 Å². The Kier molecular flexibility index (Phi) is 5.17. The van der Waals surface area contributed by atoms with Crippen LogP contribution in [0.25, 0.3) is 0 Å². The number of amides is 1. The van der Waals surface area contributed by atoms with Gasteiger partial charge in [-0.25, -0.2) is 0 Å². The first kappa shape index (κ1) is 16.6. The zero-order valence-electron chi connectivity index (χ0n) is 12.7. The largest absolute Gasteiger partial charge is 0.391 e. The smallest absolute Gasteiger partial charge is 0.353 e. The lowest BCUT2D eigenvalue weighted by Gasteiger charge is -2.36. The molecular weight excluding hydrogens is 281 g/mol. The third-order valence-electron chi connectivity index (χ3n) is 5.12. The minimum Gasteiger partial charge on any atom is -0.353 e. The highest BCUT2D eigenvalue weighted by Gasteiger charge is 2.41. The van der Waals surface area contributed by atoms with E-state index in [9.17, 15) is 18.0 Å². The number of likely N-dealkylation sites (tertiary alicyclic amines) is 1. The van der Waals surface area contributed by atoms with Crippen LogP contribution < -0.4 is 5.32 Å². The highest BCUT2D eigenvalue weighted by atomic mass is 19.4. The highest BCUT2D eigenvalue weighted by Crippen LogP contribution is 2.37. The Balaban J connectivity index is 1.77. The molecule has 2 unspecified atom stereocenters. The molecule has 0 radical (unpaired) electrons. The molecule has 3 nitrogen and oxygen atoms in total. The predicted octanol–water partition coefficient (Wildman–Crippen LogP) is 2.95. The monoisotopic (exact) mass is 306 g/mol. The first-order valence-corrected chi connectivity index (χ1v) is 7.84. The van der Waals surface area contributed by atoms with Crippen LogP contribution in [0.2, 0.25) is 0 Å². The summed E-state index contributed by atoms with van der Waals surface area (Å²) in [6, 6.07) is 0.307. The second kappa shape index (κ2) is 6.55. The van der Waals surface area contributed by atoms with E-state index >= 15 is 0 Å². The van der Waals surface area contributed by atoms with Crippen molar-refractivity contribution in [1.29, 1.82) is 0 Å². The van der Waals surface area contributed by atoms with Gasteiger partial charge in [0.2, 0.25) is 5.91 Å². The van der Waals surface area contributed by atoms with Gasteiger partial charge in [-0.2, -0.15) is 13.2 Å². The average Bonchev–Trinajstić information content (AvgIpc) is 2.41. The van der Waals surface area contributed by atoms with Crippen molar-refractivity contribution in [3.05, 3.63) is 0 Å². The number of hydrogen-bond donors (Lipinski definition) is 1. The Morgan fingerprint density at radius 2 is 1.76 bits per heavy atom. The molecule has 1 saturated carbocycles. The number of alkyl halides is 3. The van der Waals surface area contributed by atoms with Crippen molar-refractivity contribution < 1.29 is 18.0 Å². The van der Waals surface area contributed by atoms with Gasteiger partial charge in [-0.05, 0) is 59.0 Å². The number of hydrogen-bond acceptors (Lipinski definition) is 2. The molecule has 0 aromatic heterocycles. The van der Waals surface area contributed by atoms with Crippen LogP contribution in [0.4, 0.5) is 13.2 Å². The molecule has 1 aliphatic heterocycles. The van der Waals surface area contributed by atoms with Gasteiger partial charge in [0.05, 0.1) is 5.92 Å². The van der Waals surface area contributed by atoms with Crippen LogP contribution in [0.5, 0.6) is 0 Å². The Morgan fingerprint density at radius 1 is 1.14 bits per heavy atom. The van der Waals surface area contributed by atoms with Gasteiger partial charge >= 0.3 is 6.18 Å². The highest BCUT2D eigenvalue weighted by molar-refractivity contribution is 5.79. The van der Waals surface area contributed by atoms with Crippen molar-refractivity contribution in [2.45, 2.75) is 63.7 Å². The summed E-state index contributed by atoms with van der Waals surface area (Å²) in [5.74, 6) is -1.14. The van der Waals surface area contributed by atoms with Gasteiger partial charge in [-0.1, -0.05) is 0 Å². The van der Waals surface area contributed by atoms with Crippen LogP contribution in [0.3, 0.4) is 0 Å². The van der Waals surface area contributed by atoms with E-state index in [-0.39, 0.29) is 30.7 Å². The minimum atomic E-state index is -4.08. The molecule has 1 heterocycles. The van der Waals surface area contributed by atoms with Crippen LogP contribution in [0.1, 0.15) is 45.4 Å². The molecule has 2 fully saturated rings. The van der Waals surface area contributed by atoms with Crippen molar-refractivity contribution in [3.63, 3.8) is 0 Å². The SMILES string of the molecule is CC1CC(C(=O)NC2CCC(C(F)(F)F)CC2)CCN1C. The second-order valence-electron chi connectivity index (χ2n) is 6.65. The summed E-state index contributed by atoms with van der Waals surface area (Å²) in [5.41, 5.74) is 0. The molecule has 1 amide bonds. The first-order chi connectivity index (χ1) is 9.77. The van der Waals surface area contributed by atoms with E-state index in [1.54, 1.807) is 0 Å². The number of piperidine rings is 1. The van der Waals surface area contributed by atoms with E-state index in [4.69, 9.17) is 0 Å². The van der Waals surface area contributed by atoms with Crippen molar-refractivity contribution in [1.82, 2.24) is 10.2 Å². The molecule has 1 aliphatic carbocycles. The Hall–Kier alpha value is -0.780. The topological polar surface area (TPSA) is 32.3 Å². The van der Waals surface area contributed by atoms with Gasteiger partial charge in [-0.15, -0.1) is 0 Å². The number of nitrogens with one attached hydrogen (secondary N) is 1. The van der Waals surface area contributed by atoms with E-state index < -0.39 is 12.1 Å². The molecule has 2 rings (SSSR count). The van der Waals surface area contributed by atoms with Crippen molar-refractivity contribution >= 4 is 5.91 Å². The van der Waals surface area contributed by atoms with Gasteiger partial charge in [0.25, 0.3) is 0 Å². The fourth-order valence-corrected chi connectivity index (χ4v) is 3.41. The third kappa shape index (κ3) is 4.34. The molecule has 0 bridgehead atoms. The summed E-state index contributed by atoms with van der Waals surface area (Å²) in [6.07, 6.45) is -1.25. The molecule has 2 atom stereocenters. The molecule has 0 aromatic rings. The molecular formula is C15H25F3N2O. The number of rotatable bonds is 2. The summed E-state index contributed by atoms with van der Waals surface area (Å²) < 4.78 is 37.8. The Labute approximate surface area is 124 Å². The van der Waals surface area contributed by atoms with Crippen molar-refractivity contribution in [3.8, 4) is 0 Å². The maximum Gasteiger partial charge on any atom is 0.391 e. The van der Waals surface area contributed by atoms with Crippen LogP contribution in [-0.4, -0.2) is 42.7 Å². The molecule has 2 aliphatic rings. The summed E-state index contributed by atoms with van der Waals surface area (Å²) in [4.78, 5) is 14.5.